The molecule has 1 saturated heterocycles. The molecular formula is C16H24N2O. The number of aryl methyl sites for hydroxylation is 1. The number of amides is 1. The fraction of sp³-hybridized carbons (Fsp3) is 0.562. The van der Waals surface area contributed by atoms with Gasteiger partial charge in [-0.05, 0) is 50.3 Å². The predicted octanol–water partition coefficient (Wildman–Crippen LogP) is 2.40. The molecule has 0 radical (unpaired) electrons. The largest absolute Gasteiger partial charge is 0.341 e. The predicted molar refractivity (Wildman–Crippen MR) is 78.0 cm³/mol. The van der Waals surface area contributed by atoms with E-state index in [2.05, 4.69) is 37.4 Å². The third-order valence-electron chi connectivity index (χ3n) is 4.10. The number of benzene rings is 1. The van der Waals surface area contributed by atoms with Crippen LogP contribution in [0.4, 0.5) is 0 Å². The second kappa shape index (κ2) is 6.20. The van der Waals surface area contributed by atoms with E-state index in [9.17, 15) is 4.79 Å². The van der Waals surface area contributed by atoms with Crippen molar-refractivity contribution in [2.24, 2.45) is 0 Å². The van der Waals surface area contributed by atoms with Crippen molar-refractivity contribution in [2.45, 2.75) is 46.2 Å². The summed E-state index contributed by atoms with van der Waals surface area (Å²) in [5.41, 5.74) is 3.90. The van der Waals surface area contributed by atoms with Gasteiger partial charge in [0.25, 0.3) is 0 Å². The van der Waals surface area contributed by atoms with Gasteiger partial charge in [0.1, 0.15) is 0 Å². The number of likely N-dealkylation sites (tertiary alicyclic amines) is 1. The molecule has 0 saturated carbocycles. The molecule has 1 unspecified atom stereocenters. The van der Waals surface area contributed by atoms with Crippen molar-refractivity contribution >= 4 is 5.91 Å². The van der Waals surface area contributed by atoms with E-state index in [1.54, 1.807) is 0 Å². The summed E-state index contributed by atoms with van der Waals surface area (Å²) in [4.78, 5) is 14.2. The molecule has 1 atom stereocenters. The van der Waals surface area contributed by atoms with Crippen LogP contribution in [-0.4, -0.2) is 29.9 Å². The lowest BCUT2D eigenvalue weighted by Gasteiger charge is -2.21. The van der Waals surface area contributed by atoms with Crippen LogP contribution in [0.1, 0.15) is 36.5 Å². The number of nitrogens with one attached hydrogen (secondary N) is 1. The minimum Gasteiger partial charge on any atom is -0.341 e. The van der Waals surface area contributed by atoms with Crippen molar-refractivity contribution in [1.29, 1.82) is 0 Å². The molecular weight excluding hydrogens is 236 g/mol. The molecule has 3 heteroatoms. The molecule has 1 aromatic rings. The topological polar surface area (TPSA) is 32.3 Å². The Kier molecular flexibility index (Phi) is 4.59. The van der Waals surface area contributed by atoms with Crippen LogP contribution >= 0.6 is 0 Å². The molecule has 0 aliphatic carbocycles. The first-order chi connectivity index (χ1) is 9.09. The van der Waals surface area contributed by atoms with Gasteiger partial charge >= 0.3 is 0 Å². The first kappa shape index (κ1) is 14.1. The molecule has 1 fully saturated rings. The summed E-state index contributed by atoms with van der Waals surface area (Å²) in [6, 6.07) is 6.23. The van der Waals surface area contributed by atoms with Gasteiger partial charge in [-0.2, -0.15) is 0 Å². The van der Waals surface area contributed by atoms with E-state index in [4.69, 9.17) is 0 Å². The molecule has 1 aromatic carbocycles. The van der Waals surface area contributed by atoms with Crippen LogP contribution in [0.3, 0.4) is 0 Å². The van der Waals surface area contributed by atoms with Crippen molar-refractivity contribution in [3.63, 3.8) is 0 Å². The molecule has 104 valence electrons. The van der Waals surface area contributed by atoms with Crippen LogP contribution in [0, 0.1) is 13.8 Å². The van der Waals surface area contributed by atoms with E-state index in [-0.39, 0.29) is 11.9 Å². The maximum absolute atomic E-state index is 12.2. The standard InChI is InChI=1S/C16H24N2O/c1-12-7-6-8-15(13(12)2)11-17-14(3)16(19)18-9-4-5-10-18/h6-8,14,17H,4-5,9-11H2,1-3H3. The van der Waals surface area contributed by atoms with Crippen molar-refractivity contribution in [3.05, 3.63) is 34.9 Å². The van der Waals surface area contributed by atoms with Crippen LogP contribution in [0.2, 0.25) is 0 Å². The third kappa shape index (κ3) is 3.35. The molecule has 1 aliphatic heterocycles. The average molecular weight is 260 g/mol. The number of carbonyl (C=O) groups excluding carboxylic acids is 1. The van der Waals surface area contributed by atoms with Crippen LogP contribution in [0.25, 0.3) is 0 Å². The van der Waals surface area contributed by atoms with Crippen LogP contribution in [0.5, 0.6) is 0 Å². The third-order valence-corrected chi connectivity index (χ3v) is 4.10. The SMILES string of the molecule is Cc1cccc(CNC(C)C(=O)N2CCCC2)c1C. The lowest BCUT2D eigenvalue weighted by atomic mass is 10.0. The molecule has 0 bridgehead atoms. The fourth-order valence-corrected chi connectivity index (χ4v) is 2.57. The van der Waals surface area contributed by atoms with Gasteiger partial charge < -0.3 is 10.2 Å². The van der Waals surface area contributed by atoms with Gasteiger partial charge in [-0.3, -0.25) is 4.79 Å². The molecule has 1 N–H and O–H groups in total. The van der Waals surface area contributed by atoms with Gasteiger partial charge in [-0.15, -0.1) is 0 Å². The average Bonchev–Trinajstić information content (AvgIpc) is 2.93. The fourth-order valence-electron chi connectivity index (χ4n) is 2.57. The Hall–Kier alpha value is -1.35. The highest BCUT2D eigenvalue weighted by molar-refractivity contribution is 5.81. The molecule has 0 aromatic heterocycles. The van der Waals surface area contributed by atoms with Crippen molar-refractivity contribution in [3.8, 4) is 0 Å². The van der Waals surface area contributed by atoms with Crippen LogP contribution in [0.15, 0.2) is 18.2 Å². The number of hydrogen-bond acceptors (Lipinski definition) is 2. The smallest absolute Gasteiger partial charge is 0.239 e. The molecule has 1 aliphatic rings. The Bertz CT molecular complexity index is 450. The summed E-state index contributed by atoms with van der Waals surface area (Å²) in [5.74, 6) is 0.239. The maximum atomic E-state index is 12.2. The Morgan fingerprint density at radius 3 is 2.68 bits per heavy atom. The summed E-state index contributed by atoms with van der Waals surface area (Å²) in [6.07, 6.45) is 2.30. The lowest BCUT2D eigenvalue weighted by molar-refractivity contribution is -0.131. The van der Waals surface area contributed by atoms with Gasteiger partial charge in [0.15, 0.2) is 0 Å². The molecule has 1 heterocycles. The normalized spacial score (nSPS) is 16.7. The Balaban J connectivity index is 1.90. The van der Waals surface area contributed by atoms with Crippen molar-refractivity contribution in [2.75, 3.05) is 13.1 Å². The van der Waals surface area contributed by atoms with E-state index in [0.29, 0.717) is 0 Å². The van der Waals surface area contributed by atoms with E-state index in [1.807, 2.05) is 11.8 Å². The second-order valence-corrected chi connectivity index (χ2v) is 5.49. The Morgan fingerprint density at radius 2 is 2.00 bits per heavy atom. The van der Waals surface area contributed by atoms with Crippen LogP contribution < -0.4 is 5.32 Å². The Morgan fingerprint density at radius 1 is 1.32 bits per heavy atom. The molecule has 3 nitrogen and oxygen atoms in total. The van der Waals surface area contributed by atoms with Crippen LogP contribution in [-0.2, 0) is 11.3 Å². The molecule has 2 rings (SSSR count). The molecule has 19 heavy (non-hydrogen) atoms. The van der Waals surface area contributed by atoms with Gasteiger partial charge in [0.05, 0.1) is 6.04 Å². The highest BCUT2D eigenvalue weighted by Gasteiger charge is 2.22. The lowest BCUT2D eigenvalue weighted by Crippen LogP contribution is -2.43. The highest BCUT2D eigenvalue weighted by atomic mass is 16.2. The minimum atomic E-state index is -0.0991. The van der Waals surface area contributed by atoms with Gasteiger partial charge in [0.2, 0.25) is 5.91 Å². The van der Waals surface area contributed by atoms with Gasteiger partial charge in [-0.25, -0.2) is 0 Å². The minimum absolute atomic E-state index is 0.0991. The summed E-state index contributed by atoms with van der Waals surface area (Å²) < 4.78 is 0. The Labute approximate surface area is 116 Å². The first-order valence-corrected chi connectivity index (χ1v) is 7.17. The summed E-state index contributed by atoms with van der Waals surface area (Å²) in [6.45, 7) is 8.83. The maximum Gasteiger partial charge on any atom is 0.239 e. The quantitative estimate of drug-likeness (QED) is 0.901. The van der Waals surface area contributed by atoms with Crippen molar-refractivity contribution in [1.82, 2.24) is 10.2 Å². The second-order valence-electron chi connectivity index (χ2n) is 5.49. The number of nitrogens with zero attached hydrogens (tertiary/aromatic N) is 1. The molecule has 0 spiro atoms. The molecule has 1 amide bonds. The zero-order chi connectivity index (χ0) is 13.8. The van der Waals surface area contributed by atoms with Gasteiger partial charge in [0, 0.05) is 19.6 Å². The first-order valence-electron chi connectivity index (χ1n) is 7.17. The number of hydrogen-bond donors (Lipinski definition) is 1. The monoisotopic (exact) mass is 260 g/mol. The van der Waals surface area contributed by atoms with E-state index in [0.717, 1.165) is 32.5 Å². The summed E-state index contributed by atoms with van der Waals surface area (Å²) >= 11 is 0. The van der Waals surface area contributed by atoms with Crippen molar-refractivity contribution < 1.29 is 4.79 Å². The number of carbonyl (C=O) groups is 1. The van der Waals surface area contributed by atoms with E-state index < -0.39 is 0 Å². The zero-order valence-electron chi connectivity index (χ0n) is 12.2. The zero-order valence-corrected chi connectivity index (χ0v) is 12.2. The van der Waals surface area contributed by atoms with E-state index in [1.165, 1.54) is 16.7 Å². The highest BCUT2D eigenvalue weighted by Crippen LogP contribution is 2.13. The summed E-state index contributed by atoms with van der Waals surface area (Å²) in [7, 11) is 0. The van der Waals surface area contributed by atoms with E-state index >= 15 is 0 Å². The summed E-state index contributed by atoms with van der Waals surface area (Å²) in [5, 5.41) is 3.35. The van der Waals surface area contributed by atoms with Gasteiger partial charge in [-0.1, -0.05) is 18.2 Å². The number of rotatable bonds is 4.